The smallest absolute Gasteiger partial charge is 0.367 e. The highest BCUT2D eigenvalue weighted by Gasteiger charge is 2.51. The predicted octanol–water partition coefficient (Wildman–Crippen LogP) is 10.4. The maximum Gasteiger partial charge on any atom is 0.538 e. The molecule has 0 atom stereocenters. The van der Waals surface area contributed by atoms with Crippen LogP contribution >= 0.6 is 0 Å². The van der Waals surface area contributed by atoms with Gasteiger partial charge in [0.2, 0.25) is 0 Å². The van der Waals surface area contributed by atoms with Gasteiger partial charge in [-0.1, -0.05) is 121 Å². The molecule has 1 rings (SSSR count). The molecular weight excluding hydrogens is 508 g/mol. The van der Waals surface area contributed by atoms with E-state index >= 15 is 0 Å². The molecule has 0 radical (unpaired) electrons. The fourth-order valence-electron chi connectivity index (χ4n) is 5.94. The summed E-state index contributed by atoms with van der Waals surface area (Å²) in [5, 5.41) is 1.19. The van der Waals surface area contributed by atoms with Crippen LogP contribution in [0.3, 0.4) is 0 Å². The van der Waals surface area contributed by atoms with E-state index < -0.39 is 8.80 Å². The third-order valence-electron chi connectivity index (χ3n) is 7.28. The van der Waals surface area contributed by atoms with E-state index in [0.29, 0.717) is 41.4 Å². The molecule has 0 aliphatic heterocycles. The molecule has 0 heterocycles. The Bertz CT molecular complexity index is 704. The van der Waals surface area contributed by atoms with E-state index in [4.69, 9.17) is 13.3 Å². The van der Waals surface area contributed by atoms with Gasteiger partial charge in [0.05, 0.1) is 18.3 Å². The number of hydrogen-bond acceptors (Lipinski definition) is 3. The van der Waals surface area contributed by atoms with E-state index in [1.807, 2.05) is 0 Å². The molecule has 3 nitrogen and oxygen atoms in total. The van der Waals surface area contributed by atoms with Crippen molar-refractivity contribution in [3.63, 3.8) is 0 Å². The maximum absolute atomic E-state index is 7.52. The minimum atomic E-state index is -3.37. The first-order valence-corrected chi connectivity index (χ1v) is 18.4. The van der Waals surface area contributed by atoms with Crippen molar-refractivity contribution >= 4 is 14.0 Å². The number of hydrogen-bond donors (Lipinski definition) is 0. The highest BCUT2D eigenvalue weighted by Crippen LogP contribution is 2.32. The van der Waals surface area contributed by atoms with Crippen LogP contribution in [0.4, 0.5) is 0 Å². The van der Waals surface area contributed by atoms with Gasteiger partial charge in [-0.2, -0.15) is 0 Å². The van der Waals surface area contributed by atoms with Gasteiger partial charge < -0.3 is 13.3 Å². The van der Waals surface area contributed by atoms with Crippen molar-refractivity contribution in [1.29, 1.82) is 0 Å². The third kappa shape index (κ3) is 14.0. The molecule has 1 aromatic rings. The summed E-state index contributed by atoms with van der Waals surface area (Å²) in [6.07, 6.45) is 6.40. The Morgan fingerprint density at radius 1 is 0.450 bits per heavy atom. The summed E-state index contributed by atoms with van der Waals surface area (Å²) < 4.78 is 22.6. The van der Waals surface area contributed by atoms with Crippen LogP contribution in [0.15, 0.2) is 24.3 Å². The fourth-order valence-corrected chi connectivity index (χ4v) is 9.41. The average Bonchev–Trinajstić information content (AvgIpc) is 2.76. The van der Waals surface area contributed by atoms with Crippen LogP contribution in [0.25, 0.3) is 0 Å². The monoisotopic (exact) mass is 576 g/mol. The van der Waals surface area contributed by atoms with Gasteiger partial charge in [-0.15, -0.1) is 0 Å². The lowest BCUT2D eigenvalue weighted by molar-refractivity contribution is -0.0330. The zero-order chi connectivity index (χ0) is 30.6. The van der Waals surface area contributed by atoms with Gasteiger partial charge in [0.15, 0.2) is 0 Å². The van der Waals surface area contributed by atoms with Gasteiger partial charge in [0, 0.05) is 5.19 Å². The topological polar surface area (TPSA) is 27.7 Å². The van der Waals surface area contributed by atoms with E-state index in [1.54, 1.807) is 0 Å². The SMILES string of the molecule is CC(C)CC(CC(C)C)O[Si](OC(CC(C)C)CC(C)C)(OC(CC(C)C)CC(C)C)c1ccccc1C(C)C. The van der Waals surface area contributed by atoms with Crippen LogP contribution in [0.5, 0.6) is 0 Å². The van der Waals surface area contributed by atoms with Crippen molar-refractivity contribution in [2.24, 2.45) is 35.5 Å². The molecule has 0 saturated heterocycles. The van der Waals surface area contributed by atoms with Crippen molar-refractivity contribution in [3.8, 4) is 0 Å². The lowest BCUT2D eigenvalue weighted by Gasteiger charge is -2.41. The summed E-state index contributed by atoms with van der Waals surface area (Å²) in [5.41, 5.74) is 1.31. The molecule has 4 heteroatoms. The molecule has 1 aromatic carbocycles. The van der Waals surface area contributed by atoms with Crippen molar-refractivity contribution in [2.75, 3.05) is 0 Å². The molecule has 0 aliphatic carbocycles. The Kier molecular flexibility index (Phi) is 16.9. The first-order valence-electron chi connectivity index (χ1n) is 16.7. The van der Waals surface area contributed by atoms with Crippen LogP contribution in [0, 0.1) is 35.5 Å². The molecule has 40 heavy (non-hydrogen) atoms. The Morgan fingerprint density at radius 3 is 0.975 bits per heavy atom. The highest BCUT2D eigenvalue weighted by atomic mass is 28.4. The second kappa shape index (κ2) is 18.1. The Balaban J connectivity index is 3.95. The molecule has 0 aliphatic rings. The van der Waals surface area contributed by atoms with Gasteiger partial charge in [0.1, 0.15) is 0 Å². The summed E-state index contributed by atoms with van der Waals surface area (Å²) in [4.78, 5) is 0. The first-order chi connectivity index (χ1) is 18.5. The van der Waals surface area contributed by atoms with Gasteiger partial charge in [0.25, 0.3) is 0 Å². The molecule has 0 aromatic heterocycles. The molecule has 0 fully saturated rings. The van der Waals surface area contributed by atoms with E-state index in [0.717, 1.165) is 38.5 Å². The molecular formula is C36H68O3Si. The van der Waals surface area contributed by atoms with E-state index in [1.165, 1.54) is 10.8 Å². The van der Waals surface area contributed by atoms with Crippen LogP contribution in [-0.2, 0) is 13.3 Å². The van der Waals surface area contributed by atoms with Crippen molar-refractivity contribution in [1.82, 2.24) is 0 Å². The second-order valence-corrected chi connectivity index (χ2v) is 17.7. The van der Waals surface area contributed by atoms with Crippen LogP contribution in [0.1, 0.15) is 147 Å². The summed E-state index contributed by atoms with van der Waals surface area (Å²) in [6.45, 7) is 32.3. The molecule has 0 N–H and O–H groups in total. The summed E-state index contributed by atoms with van der Waals surface area (Å²) >= 11 is 0. The second-order valence-electron chi connectivity index (χ2n) is 15.3. The van der Waals surface area contributed by atoms with Gasteiger partial charge in [-0.25, -0.2) is 0 Å². The molecule has 0 unspecified atom stereocenters. The summed E-state index contributed by atoms with van der Waals surface area (Å²) in [5.74, 6) is 3.61. The molecule has 0 spiro atoms. The van der Waals surface area contributed by atoms with Crippen LogP contribution in [0.2, 0.25) is 0 Å². The summed E-state index contributed by atoms with van der Waals surface area (Å²) in [7, 11) is -3.37. The maximum atomic E-state index is 7.52. The first kappa shape index (κ1) is 37.3. The van der Waals surface area contributed by atoms with Crippen molar-refractivity contribution < 1.29 is 13.3 Å². The zero-order valence-corrected chi connectivity index (χ0v) is 30.1. The minimum Gasteiger partial charge on any atom is -0.367 e. The lowest BCUT2D eigenvalue weighted by atomic mass is 9.98. The van der Waals surface area contributed by atoms with E-state index in [-0.39, 0.29) is 18.3 Å². The number of rotatable bonds is 20. The number of benzene rings is 1. The van der Waals surface area contributed by atoms with Crippen LogP contribution < -0.4 is 5.19 Å². The molecule has 0 saturated carbocycles. The van der Waals surface area contributed by atoms with E-state index in [9.17, 15) is 0 Å². The standard InChI is InChI=1S/C36H68O3Si/c1-25(2)19-32(20-26(3)4)37-40(36-18-16-15-17-35(36)31(13)14,38-33(21-27(5)6)22-28(7)8)39-34(23-29(9)10)24-30(11)12/h15-18,25-34H,19-24H2,1-14H3. The predicted molar refractivity (Wildman–Crippen MR) is 177 cm³/mol. The third-order valence-corrected chi connectivity index (χ3v) is 10.3. The Morgan fingerprint density at radius 2 is 0.725 bits per heavy atom. The molecule has 0 bridgehead atoms. The van der Waals surface area contributed by atoms with Gasteiger partial charge >= 0.3 is 8.80 Å². The van der Waals surface area contributed by atoms with E-state index in [2.05, 4.69) is 121 Å². The Hall–Kier alpha value is -0.683. The lowest BCUT2D eigenvalue weighted by Crippen LogP contribution is -2.63. The quantitative estimate of drug-likeness (QED) is 0.145. The minimum absolute atomic E-state index is 0.101. The van der Waals surface area contributed by atoms with Gasteiger partial charge in [-0.05, 0) is 85.5 Å². The zero-order valence-electron chi connectivity index (χ0n) is 29.1. The summed E-state index contributed by atoms with van der Waals surface area (Å²) in [6, 6.07) is 8.88. The highest BCUT2D eigenvalue weighted by molar-refractivity contribution is 6.76. The fraction of sp³-hybridized carbons (Fsp3) is 0.833. The Labute approximate surface area is 251 Å². The molecule has 0 amide bonds. The van der Waals surface area contributed by atoms with Crippen molar-refractivity contribution in [2.45, 2.75) is 160 Å². The molecule has 234 valence electrons. The average molecular weight is 577 g/mol. The van der Waals surface area contributed by atoms with Crippen molar-refractivity contribution in [3.05, 3.63) is 29.8 Å². The normalized spacial score (nSPS) is 13.4. The van der Waals surface area contributed by atoms with Gasteiger partial charge in [-0.3, -0.25) is 0 Å². The largest absolute Gasteiger partial charge is 0.538 e. The van der Waals surface area contributed by atoms with Crippen LogP contribution in [-0.4, -0.2) is 27.1 Å².